The van der Waals surface area contributed by atoms with E-state index in [-0.39, 0.29) is 10.7 Å². The first-order valence-corrected chi connectivity index (χ1v) is 11.0. The van der Waals surface area contributed by atoms with E-state index in [9.17, 15) is 4.79 Å². The maximum absolute atomic E-state index is 12.1. The van der Waals surface area contributed by atoms with Gasteiger partial charge in [-0.1, -0.05) is 46.2 Å². The molecule has 1 aromatic carbocycles. The van der Waals surface area contributed by atoms with E-state index in [2.05, 4.69) is 53.3 Å². The Balaban J connectivity index is 1.93. The fraction of sp³-hybridized carbons (Fsp3) is 0.364. The van der Waals surface area contributed by atoms with Crippen molar-refractivity contribution in [3.05, 3.63) is 41.6 Å². The fourth-order valence-electron chi connectivity index (χ4n) is 3.24. The first-order chi connectivity index (χ1) is 14.6. The molecule has 164 valence electrons. The van der Waals surface area contributed by atoms with Crippen molar-refractivity contribution in [2.45, 2.75) is 50.2 Å². The molecule has 3 aromatic rings. The predicted octanol–water partition coefficient (Wildman–Crippen LogP) is 4.14. The van der Waals surface area contributed by atoms with Gasteiger partial charge in [-0.3, -0.25) is 9.48 Å². The zero-order valence-corrected chi connectivity index (χ0v) is 19.4. The van der Waals surface area contributed by atoms with E-state index in [1.807, 2.05) is 19.1 Å². The molecular formula is C22H29N7OS. The number of carbonyl (C=O) groups is 1. The number of nitrogens with two attached hydrogens (primary N) is 2. The second-order valence-corrected chi connectivity index (χ2v) is 10.2. The zero-order valence-electron chi connectivity index (χ0n) is 18.6. The Kier molecular flexibility index (Phi) is 6.54. The smallest absolute Gasteiger partial charge is 0.254 e. The van der Waals surface area contributed by atoms with Crippen LogP contribution in [0.2, 0.25) is 0 Å². The lowest BCUT2D eigenvalue weighted by atomic mass is 10.1. The van der Waals surface area contributed by atoms with Gasteiger partial charge in [0.25, 0.3) is 5.91 Å². The van der Waals surface area contributed by atoms with Crippen molar-refractivity contribution in [3.8, 4) is 11.3 Å². The van der Waals surface area contributed by atoms with Gasteiger partial charge in [0, 0.05) is 28.3 Å². The van der Waals surface area contributed by atoms with E-state index >= 15 is 0 Å². The van der Waals surface area contributed by atoms with Gasteiger partial charge in [-0.05, 0) is 18.6 Å². The molecule has 3 rings (SSSR count). The average molecular weight is 440 g/mol. The quantitative estimate of drug-likeness (QED) is 0.472. The molecule has 0 radical (unpaired) electrons. The molecule has 2 heterocycles. The van der Waals surface area contributed by atoms with E-state index in [0.29, 0.717) is 35.0 Å². The summed E-state index contributed by atoms with van der Waals surface area (Å²) in [5.41, 5.74) is 14.2. The number of nitrogens with one attached hydrogen (secondary N) is 1. The van der Waals surface area contributed by atoms with Gasteiger partial charge in [-0.15, -0.1) is 11.8 Å². The molecular weight excluding hydrogens is 410 g/mol. The summed E-state index contributed by atoms with van der Waals surface area (Å²) >= 11 is 1.80. The highest BCUT2D eigenvalue weighted by Gasteiger charge is 2.21. The van der Waals surface area contributed by atoms with Crippen LogP contribution in [0.25, 0.3) is 11.3 Å². The van der Waals surface area contributed by atoms with Gasteiger partial charge in [0.1, 0.15) is 17.2 Å². The summed E-state index contributed by atoms with van der Waals surface area (Å²) in [5.74, 6) is 0.541. The van der Waals surface area contributed by atoms with Crippen molar-refractivity contribution in [3.63, 3.8) is 0 Å². The molecule has 8 nitrogen and oxygen atoms in total. The summed E-state index contributed by atoms with van der Waals surface area (Å²) < 4.78 is 1.73. The van der Waals surface area contributed by atoms with Crippen molar-refractivity contribution >= 4 is 35.3 Å². The normalized spacial score (nSPS) is 11.5. The van der Waals surface area contributed by atoms with Gasteiger partial charge < -0.3 is 16.8 Å². The van der Waals surface area contributed by atoms with Crippen LogP contribution in [0.15, 0.2) is 35.2 Å². The highest BCUT2D eigenvalue weighted by molar-refractivity contribution is 8.00. The molecule has 5 N–H and O–H groups in total. The Morgan fingerprint density at radius 2 is 1.87 bits per heavy atom. The van der Waals surface area contributed by atoms with Gasteiger partial charge >= 0.3 is 0 Å². The number of hydrogen-bond donors (Lipinski definition) is 3. The van der Waals surface area contributed by atoms with Crippen LogP contribution in [-0.2, 0) is 13.5 Å². The highest BCUT2D eigenvalue weighted by Crippen LogP contribution is 2.33. The molecule has 0 saturated heterocycles. The van der Waals surface area contributed by atoms with Crippen LogP contribution in [0.5, 0.6) is 0 Å². The van der Waals surface area contributed by atoms with Gasteiger partial charge in [0.05, 0.1) is 11.4 Å². The lowest BCUT2D eigenvalue weighted by molar-refractivity contribution is 0.1000. The van der Waals surface area contributed by atoms with E-state index in [1.165, 1.54) is 4.90 Å². The van der Waals surface area contributed by atoms with Gasteiger partial charge in [-0.25, -0.2) is 4.98 Å². The van der Waals surface area contributed by atoms with E-state index in [0.717, 1.165) is 12.0 Å². The molecule has 0 spiro atoms. The van der Waals surface area contributed by atoms with Crippen LogP contribution in [0.4, 0.5) is 17.6 Å². The maximum Gasteiger partial charge on any atom is 0.254 e. The molecule has 1 amide bonds. The minimum Gasteiger partial charge on any atom is -0.368 e. The molecule has 0 aliphatic rings. The van der Waals surface area contributed by atoms with Crippen molar-refractivity contribution in [2.75, 3.05) is 11.1 Å². The number of nitrogens with zero attached hydrogens (tertiary/aromatic N) is 4. The SMILES string of the molecule is CCCc1nn(C)c(Nc2cc(-c3ccc(SC(C)(C)C)cc3)nc(N)n2)c1C(N)=O. The number of rotatable bonds is 7. The van der Waals surface area contributed by atoms with Crippen molar-refractivity contribution in [1.82, 2.24) is 19.7 Å². The lowest BCUT2D eigenvalue weighted by Crippen LogP contribution is -2.15. The Hall–Kier alpha value is -3.07. The number of primary amides is 1. The summed E-state index contributed by atoms with van der Waals surface area (Å²) in [6, 6.07) is 9.95. The second kappa shape index (κ2) is 8.97. The minimum absolute atomic E-state index is 0.129. The second-order valence-electron chi connectivity index (χ2n) is 8.27. The lowest BCUT2D eigenvalue weighted by Gasteiger charge is -2.17. The minimum atomic E-state index is -0.534. The molecule has 0 aliphatic heterocycles. The molecule has 0 bridgehead atoms. The molecule has 31 heavy (non-hydrogen) atoms. The molecule has 9 heteroatoms. The Morgan fingerprint density at radius 3 is 2.45 bits per heavy atom. The van der Waals surface area contributed by atoms with Crippen molar-refractivity contribution in [1.29, 1.82) is 0 Å². The number of benzene rings is 1. The summed E-state index contributed by atoms with van der Waals surface area (Å²) in [5, 5.41) is 7.59. The number of nitrogen functional groups attached to an aromatic ring is 1. The van der Waals surface area contributed by atoms with Gasteiger partial charge in [0.2, 0.25) is 5.95 Å². The van der Waals surface area contributed by atoms with Crippen LogP contribution in [-0.4, -0.2) is 30.4 Å². The number of carbonyl (C=O) groups excluding carboxylic acids is 1. The number of hydrogen-bond acceptors (Lipinski definition) is 7. The van der Waals surface area contributed by atoms with Crippen LogP contribution < -0.4 is 16.8 Å². The van der Waals surface area contributed by atoms with Crippen molar-refractivity contribution < 1.29 is 4.79 Å². The van der Waals surface area contributed by atoms with Crippen LogP contribution >= 0.6 is 11.8 Å². The molecule has 0 aliphatic carbocycles. The Labute approximate surface area is 186 Å². The van der Waals surface area contributed by atoms with Crippen LogP contribution in [0.3, 0.4) is 0 Å². The van der Waals surface area contributed by atoms with Crippen LogP contribution in [0.1, 0.15) is 50.2 Å². The number of anilines is 3. The third-order valence-corrected chi connectivity index (χ3v) is 5.54. The van der Waals surface area contributed by atoms with E-state index < -0.39 is 5.91 Å². The maximum atomic E-state index is 12.1. The highest BCUT2D eigenvalue weighted by atomic mass is 32.2. The van der Waals surface area contributed by atoms with Crippen molar-refractivity contribution in [2.24, 2.45) is 12.8 Å². The molecule has 0 fully saturated rings. The number of aromatic nitrogens is 4. The Morgan fingerprint density at radius 1 is 1.19 bits per heavy atom. The van der Waals surface area contributed by atoms with Gasteiger partial charge in [0.15, 0.2) is 0 Å². The largest absolute Gasteiger partial charge is 0.368 e. The van der Waals surface area contributed by atoms with E-state index in [1.54, 1.807) is 29.6 Å². The fourth-order valence-corrected chi connectivity index (χ4v) is 4.22. The zero-order chi connectivity index (χ0) is 22.8. The Bertz CT molecular complexity index is 1080. The average Bonchev–Trinajstić information content (AvgIpc) is 2.96. The number of aryl methyl sites for hydroxylation is 2. The standard InChI is InChI=1S/C22H29N7OS/c1-6-7-15-18(19(23)30)20(29(5)28-15)26-17-12-16(25-21(24)27-17)13-8-10-14(11-9-13)31-22(2,3)4/h8-12H,6-7H2,1-5H3,(H2,23,30)(H3,24,25,26,27). The summed E-state index contributed by atoms with van der Waals surface area (Å²) in [7, 11) is 1.75. The van der Waals surface area contributed by atoms with Gasteiger partial charge in [-0.2, -0.15) is 10.1 Å². The molecule has 0 atom stereocenters. The molecule has 0 saturated carbocycles. The summed E-state index contributed by atoms with van der Waals surface area (Å²) in [6.45, 7) is 8.56. The summed E-state index contributed by atoms with van der Waals surface area (Å²) in [4.78, 5) is 21.9. The van der Waals surface area contributed by atoms with E-state index in [4.69, 9.17) is 11.5 Å². The first kappa shape index (κ1) is 22.6. The topological polar surface area (TPSA) is 125 Å². The number of thioether (sulfide) groups is 1. The molecule has 0 unspecified atom stereocenters. The van der Waals surface area contributed by atoms with Crippen LogP contribution in [0, 0.1) is 0 Å². The first-order valence-electron chi connectivity index (χ1n) is 10.1. The molecule has 2 aromatic heterocycles. The monoisotopic (exact) mass is 439 g/mol. The summed E-state index contributed by atoms with van der Waals surface area (Å²) in [6.07, 6.45) is 1.51. The third-order valence-electron chi connectivity index (χ3n) is 4.42. The third kappa shape index (κ3) is 5.55. The predicted molar refractivity (Wildman–Crippen MR) is 126 cm³/mol. The number of amides is 1.